The van der Waals surface area contributed by atoms with Crippen molar-refractivity contribution in [1.82, 2.24) is 9.80 Å². The molecule has 2 aromatic rings. The summed E-state index contributed by atoms with van der Waals surface area (Å²) in [6.07, 6.45) is 0. The molecule has 0 spiro atoms. The second-order valence-corrected chi connectivity index (χ2v) is 5.60. The summed E-state index contributed by atoms with van der Waals surface area (Å²) in [4.78, 5) is 4.55. The van der Waals surface area contributed by atoms with Gasteiger partial charge < -0.3 is 10.6 Å². The van der Waals surface area contributed by atoms with Crippen LogP contribution >= 0.6 is 0 Å². The first-order valence-corrected chi connectivity index (χ1v) is 7.16. The van der Waals surface area contributed by atoms with Gasteiger partial charge in [-0.05, 0) is 37.5 Å². The van der Waals surface area contributed by atoms with Crippen molar-refractivity contribution in [1.29, 1.82) is 0 Å². The van der Waals surface area contributed by atoms with Crippen LogP contribution in [0.4, 0.5) is 0 Å². The number of fused-ring (bicyclic) bond motifs is 1. The quantitative estimate of drug-likeness (QED) is 0.875. The molecule has 1 unspecified atom stereocenters. The van der Waals surface area contributed by atoms with Crippen LogP contribution in [0.2, 0.25) is 0 Å². The van der Waals surface area contributed by atoms with E-state index in [0.29, 0.717) is 6.54 Å². The largest absolute Gasteiger partial charge is 0.329 e. The van der Waals surface area contributed by atoms with Gasteiger partial charge in [0.05, 0.1) is 0 Å². The van der Waals surface area contributed by atoms with Crippen molar-refractivity contribution >= 4 is 10.8 Å². The lowest BCUT2D eigenvalue weighted by Gasteiger charge is -2.29. The van der Waals surface area contributed by atoms with E-state index in [-0.39, 0.29) is 6.04 Å². The van der Waals surface area contributed by atoms with Crippen LogP contribution in [0.5, 0.6) is 0 Å². The highest BCUT2D eigenvalue weighted by molar-refractivity contribution is 5.86. The summed E-state index contributed by atoms with van der Waals surface area (Å²) in [6, 6.07) is 15.3. The molecule has 0 heterocycles. The molecule has 2 aromatic carbocycles. The number of nitrogens with zero attached hydrogens (tertiary/aromatic N) is 2. The zero-order valence-corrected chi connectivity index (χ0v) is 12.7. The maximum absolute atomic E-state index is 6.05. The molecule has 0 saturated carbocycles. The topological polar surface area (TPSA) is 32.5 Å². The monoisotopic (exact) mass is 271 g/mol. The summed E-state index contributed by atoms with van der Waals surface area (Å²) in [5.41, 5.74) is 7.37. The standard InChI is InChI=1S/C17H25N3/c1-19(2)11-12-20(3)17(13-18)16-10-6-8-14-7-4-5-9-15(14)16/h4-10,17H,11-13,18H2,1-3H3. The van der Waals surface area contributed by atoms with Gasteiger partial charge in [0.15, 0.2) is 0 Å². The zero-order valence-electron chi connectivity index (χ0n) is 12.7. The first-order chi connectivity index (χ1) is 9.63. The predicted octanol–water partition coefficient (Wildman–Crippen LogP) is 2.33. The third-order valence-electron chi connectivity index (χ3n) is 3.84. The van der Waals surface area contributed by atoms with Crippen molar-refractivity contribution < 1.29 is 0 Å². The SMILES string of the molecule is CN(C)CCN(C)C(CN)c1cccc2ccccc12. The molecule has 3 nitrogen and oxygen atoms in total. The molecule has 0 saturated heterocycles. The van der Waals surface area contributed by atoms with E-state index in [1.165, 1.54) is 16.3 Å². The van der Waals surface area contributed by atoms with Crippen molar-refractivity contribution in [3.8, 4) is 0 Å². The number of hydrogen-bond donors (Lipinski definition) is 1. The normalized spacial score (nSPS) is 13.3. The Morgan fingerprint density at radius 3 is 2.35 bits per heavy atom. The molecule has 0 fully saturated rings. The Morgan fingerprint density at radius 1 is 0.950 bits per heavy atom. The Bertz CT molecular complexity index is 545. The molecule has 0 amide bonds. The van der Waals surface area contributed by atoms with Crippen molar-refractivity contribution in [3.05, 3.63) is 48.0 Å². The van der Waals surface area contributed by atoms with Gasteiger partial charge in [0.2, 0.25) is 0 Å². The van der Waals surface area contributed by atoms with E-state index in [2.05, 4.69) is 73.4 Å². The molecule has 0 aliphatic rings. The number of benzene rings is 2. The van der Waals surface area contributed by atoms with E-state index in [0.717, 1.165) is 13.1 Å². The summed E-state index contributed by atoms with van der Waals surface area (Å²) < 4.78 is 0. The van der Waals surface area contributed by atoms with E-state index < -0.39 is 0 Å². The van der Waals surface area contributed by atoms with Crippen LogP contribution in [0.3, 0.4) is 0 Å². The maximum Gasteiger partial charge on any atom is 0.0474 e. The van der Waals surface area contributed by atoms with Crippen LogP contribution in [0.15, 0.2) is 42.5 Å². The van der Waals surface area contributed by atoms with Crippen LogP contribution in [0, 0.1) is 0 Å². The molecule has 3 heteroatoms. The fourth-order valence-electron chi connectivity index (χ4n) is 2.60. The molecular formula is C17H25N3. The highest BCUT2D eigenvalue weighted by atomic mass is 15.2. The lowest BCUT2D eigenvalue weighted by atomic mass is 9.98. The third kappa shape index (κ3) is 3.37. The zero-order chi connectivity index (χ0) is 14.5. The van der Waals surface area contributed by atoms with Gasteiger partial charge in [0, 0.05) is 25.7 Å². The molecule has 0 bridgehead atoms. The summed E-state index contributed by atoms with van der Waals surface area (Å²) in [6.45, 7) is 2.69. The number of likely N-dealkylation sites (N-methyl/N-ethyl adjacent to an activating group) is 2. The van der Waals surface area contributed by atoms with Crippen LogP contribution < -0.4 is 5.73 Å². The minimum Gasteiger partial charge on any atom is -0.329 e. The lowest BCUT2D eigenvalue weighted by Crippen LogP contribution is -2.35. The fourth-order valence-corrected chi connectivity index (χ4v) is 2.60. The summed E-state index contributed by atoms with van der Waals surface area (Å²) in [7, 11) is 6.36. The van der Waals surface area contributed by atoms with Gasteiger partial charge in [0.1, 0.15) is 0 Å². The van der Waals surface area contributed by atoms with Crippen molar-refractivity contribution in [2.45, 2.75) is 6.04 Å². The molecule has 0 aliphatic heterocycles. The molecule has 0 radical (unpaired) electrons. The molecule has 0 aliphatic carbocycles. The molecule has 0 aromatic heterocycles. The average Bonchev–Trinajstić information content (AvgIpc) is 2.46. The second kappa shape index (κ2) is 6.84. The molecule has 20 heavy (non-hydrogen) atoms. The average molecular weight is 271 g/mol. The van der Waals surface area contributed by atoms with Crippen molar-refractivity contribution in [3.63, 3.8) is 0 Å². The fraction of sp³-hybridized carbons (Fsp3) is 0.412. The van der Waals surface area contributed by atoms with Gasteiger partial charge in [0.25, 0.3) is 0 Å². The first kappa shape index (κ1) is 15.0. The van der Waals surface area contributed by atoms with E-state index in [1.54, 1.807) is 0 Å². The van der Waals surface area contributed by atoms with Crippen molar-refractivity contribution in [2.24, 2.45) is 5.73 Å². The Kier molecular flexibility index (Phi) is 5.12. The van der Waals surface area contributed by atoms with E-state index >= 15 is 0 Å². The van der Waals surface area contributed by atoms with Crippen LogP contribution in [0.1, 0.15) is 11.6 Å². The van der Waals surface area contributed by atoms with Crippen molar-refractivity contribution in [2.75, 3.05) is 40.8 Å². The third-order valence-corrected chi connectivity index (χ3v) is 3.84. The number of nitrogens with two attached hydrogens (primary N) is 1. The predicted molar refractivity (Wildman–Crippen MR) is 86.9 cm³/mol. The van der Waals surface area contributed by atoms with Gasteiger partial charge in [-0.15, -0.1) is 0 Å². The van der Waals surface area contributed by atoms with Gasteiger partial charge in [-0.25, -0.2) is 0 Å². The van der Waals surface area contributed by atoms with E-state index in [1.807, 2.05) is 0 Å². The van der Waals surface area contributed by atoms with E-state index in [9.17, 15) is 0 Å². The van der Waals surface area contributed by atoms with Gasteiger partial charge >= 0.3 is 0 Å². The number of rotatable bonds is 6. The van der Waals surface area contributed by atoms with Gasteiger partial charge in [-0.1, -0.05) is 42.5 Å². The van der Waals surface area contributed by atoms with Gasteiger partial charge in [-0.3, -0.25) is 4.90 Å². The smallest absolute Gasteiger partial charge is 0.0474 e. The lowest BCUT2D eigenvalue weighted by molar-refractivity contribution is 0.224. The Labute approximate surface area is 122 Å². The highest BCUT2D eigenvalue weighted by Gasteiger charge is 2.17. The number of hydrogen-bond acceptors (Lipinski definition) is 3. The highest BCUT2D eigenvalue weighted by Crippen LogP contribution is 2.26. The Morgan fingerprint density at radius 2 is 1.65 bits per heavy atom. The van der Waals surface area contributed by atoms with E-state index in [4.69, 9.17) is 5.73 Å². The van der Waals surface area contributed by atoms with Crippen LogP contribution in [-0.4, -0.2) is 50.6 Å². The minimum absolute atomic E-state index is 0.265. The second-order valence-electron chi connectivity index (χ2n) is 5.60. The molecule has 2 rings (SSSR count). The summed E-state index contributed by atoms with van der Waals surface area (Å²) in [5.74, 6) is 0. The molecule has 2 N–H and O–H groups in total. The van der Waals surface area contributed by atoms with Crippen LogP contribution in [-0.2, 0) is 0 Å². The Balaban J connectivity index is 2.29. The maximum atomic E-state index is 6.05. The van der Waals surface area contributed by atoms with Gasteiger partial charge in [-0.2, -0.15) is 0 Å². The minimum atomic E-state index is 0.265. The van der Waals surface area contributed by atoms with Crippen LogP contribution in [0.25, 0.3) is 10.8 Å². The first-order valence-electron chi connectivity index (χ1n) is 7.16. The molecular weight excluding hydrogens is 246 g/mol. The Hall–Kier alpha value is -1.42. The molecule has 108 valence electrons. The summed E-state index contributed by atoms with van der Waals surface area (Å²) >= 11 is 0. The summed E-state index contributed by atoms with van der Waals surface area (Å²) in [5, 5.41) is 2.59. The molecule has 1 atom stereocenters.